The molecule has 0 aromatic rings. The third kappa shape index (κ3) is 13.1. The van der Waals surface area contributed by atoms with Crippen LogP contribution >= 0.6 is 0 Å². The summed E-state index contributed by atoms with van der Waals surface area (Å²) in [6.45, 7) is 14.7. The summed E-state index contributed by atoms with van der Waals surface area (Å²) in [5.41, 5.74) is 0. The van der Waals surface area contributed by atoms with Crippen LogP contribution in [0.2, 0.25) is 0 Å². The molecule has 0 saturated carbocycles. The van der Waals surface area contributed by atoms with Crippen LogP contribution in [0.15, 0.2) is 0 Å². The molecule has 1 N–H and O–H groups in total. The summed E-state index contributed by atoms with van der Waals surface area (Å²) in [4.78, 5) is 0. The Morgan fingerprint density at radius 1 is 0.571 bits per heavy atom. The van der Waals surface area contributed by atoms with Crippen LogP contribution in [-0.2, 0) is 14.2 Å². The van der Waals surface area contributed by atoms with Crippen molar-refractivity contribution in [3.05, 3.63) is 0 Å². The largest absolute Gasteiger partial charge is 0.328 e. The van der Waals surface area contributed by atoms with Gasteiger partial charge in [0, 0.05) is 25.7 Å². The lowest BCUT2D eigenvalue weighted by molar-refractivity contribution is -0.403. The van der Waals surface area contributed by atoms with Gasteiger partial charge in [0.2, 0.25) is 0 Å². The van der Waals surface area contributed by atoms with Crippen molar-refractivity contribution in [2.75, 3.05) is 32.9 Å². The molecule has 28 heavy (non-hydrogen) atoms. The van der Waals surface area contributed by atoms with Gasteiger partial charge in [0.15, 0.2) is 0 Å². The predicted octanol–water partition coefficient (Wildman–Crippen LogP) is 6.68. The topological polar surface area (TPSA) is 39.7 Å². The molecule has 0 aliphatic heterocycles. The summed E-state index contributed by atoms with van der Waals surface area (Å²) in [6, 6.07) is 0. The van der Waals surface area contributed by atoms with Gasteiger partial charge in [0.05, 0.1) is 0 Å². The van der Waals surface area contributed by atoms with E-state index in [0.717, 1.165) is 25.9 Å². The van der Waals surface area contributed by atoms with Crippen molar-refractivity contribution in [1.82, 2.24) is 5.32 Å². The summed E-state index contributed by atoms with van der Waals surface area (Å²) in [7, 11) is 0. The van der Waals surface area contributed by atoms with E-state index in [-0.39, 0.29) is 0 Å². The van der Waals surface area contributed by atoms with Gasteiger partial charge in [0.25, 0.3) is 5.97 Å². The first-order valence-electron chi connectivity index (χ1n) is 12.3. The van der Waals surface area contributed by atoms with E-state index < -0.39 is 5.97 Å². The molecule has 1 atom stereocenters. The van der Waals surface area contributed by atoms with Gasteiger partial charge in [-0.15, -0.1) is 0 Å². The normalized spacial score (nSPS) is 13.2. The van der Waals surface area contributed by atoms with E-state index in [2.05, 4.69) is 19.2 Å². The number of nitrogens with one attached hydrogen (secondary N) is 1. The first-order chi connectivity index (χ1) is 13.7. The fraction of sp³-hybridized carbons (Fsp3) is 1.00. The molecule has 0 amide bonds. The van der Waals surface area contributed by atoms with E-state index in [1.807, 2.05) is 20.8 Å². The van der Waals surface area contributed by atoms with Gasteiger partial charge in [-0.1, -0.05) is 65.2 Å². The second kappa shape index (κ2) is 20.1. The van der Waals surface area contributed by atoms with Gasteiger partial charge in [0.1, 0.15) is 0 Å². The molecule has 0 aliphatic carbocycles. The monoisotopic (exact) mass is 401 g/mol. The van der Waals surface area contributed by atoms with Crippen molar-refractivity contribution in [3.8, 4) is 0 Å². The molecule has 0 bridgehead atoms. The van der Waals surface area contributed by atoms with Crippen LogP contribution in [0.4, 0.5) is 0 Å². The predicted molar refractivity (Wildman–Crippen MR) is 121 cm³/mol. The second-order valence-corrected chi connectivity index (χ2v) is 7.76. The van der Waals surface area contributed by atoms with Crippen LogP contribution in [-0.4, -0.2) is 38.9 Å². The molecule has 1 unspecified atom stereocenters. The zero-order valence-corrected chi connectivity index (χ0v) is 19.8. The Kier molecular flexibility index (Phi) is 20.0. The third-order valence-corrected chi connectivity index (χ3v) is 5.31. The molecule has 0 spiro atoms. The van der Waals surface area contributed by atoms with Crippen LogP contribution < -0.4 is 5.32 Å². The molecule has 0 saturated heterocycles. The Morgan fingerprint density at radius 2 is 1.04 bits per heavy atom. The summed E-state index contributed by atoms with van der Waals surface area (Å²) in [5.74, 6) is -0.564. The smallest absolute Gasteiger partial charge is 0.285 e. The molecule has 0 rings (SSSR count). The van der Waals surface area contributed by atoms with E-state index in [4.69, 9.17) is 14.2 Å². The molecular weight excluding hydrogens is 350 g/mol. The van der Waals surface area contributed by atoms with Crippen molar-refractivity contribution < 1.29 is 14.2 Å². The molecule has 4 heteroatoms. The number of hydrogen-bond donors (Lipinski definition) is 1. The number of ether oxygens (including phenoxy) is 3. The molecular formula is C24H51NO3. The van der Waals surface area contributed by atoms with E-state index >= 15 is 0 Å². The van der Waals surface area contributed by atoms with E-state index in [1.165, 1.54) is 64.2 Å². The molecule has 4 nitrogen and oxygen atoms in total. The third-order valence-electron chi connectivity index (χ3n) is 5.31. The molecule has 170 valence electrons. The van der Waals surface area contributed by atoms with Gasteiger partial charge in [-0.25, -0.2) is 0 Å². The van der Waals surface area contributed by atoms with Crippen molar-refractivity contribution in [3.63, 3.8) is 0 Å². The molecule has 0 aromatic heterocycles. The van der Waals surface area contributed by atoms with Crippen LogP contribution in [0.1, 0.15) is 112 Å². The van der Waals surface area contributed by atoms with Crippen LogP contribution in [0.25, 0.3) is 0 Å². The maximum absolute atomic E-state index is 6.12. The fourth-order valence-corrected chi connectivity index (χ4v) is 3.82. The Morgan fingerprint density at radius 3 is 1.57 bits per heavy atom. The lowest BCUT2D eigenvalue weighted by atomic mass is 9.92. The highest BCUT2D eigenvalue weighted by Gasteiger charge is 2.41. The van der Waals surface area contributed by atoms with Gasteiger partial charge >= 0.3 is 0 Å². The Bertz CT molecular complexity index is 295. The number of unbranched alkanes of at least 4 members (excludes halogenated alkanes) is 7. The molecule has 0 radical (unpaired) electrons. The number of rotatable bonds is 22. The maximum Gasteiger partial charge on any atom is 0.285 e. The second-order valence-electron chi connectivity index (χ2n) is 7.76. The summed E-state index contributed by atoms with van der Waals surface area (Å²) >= 11 is 0. The molecule has 0 fully saturated rings. The van der Waals surface area contributed by atoms with Crippen molar-refractivity contribution in [1.29, 1.82) is 0 Å². The first kappa shape index (κ1) is 27.8. The van der Waals surface area contributed by atoms with E-state index in [0.29, 0.717) is 25.7 Å². The van der Waals surface area contributed by atoms with Gasteiger partial charge < -0.3 is 19.5 Å². The Labute approximate surface area is 176 Å². The van der Waals surface area contributed by atoms with E-state index in [9.17, 15) is 0 Å². The van der Waals surface area contributed by atoms with Gasteiger partial charge in [-0.05, 0) is 59.5 Å². The van der Waals surface area contributed by atoms with E-state index in [1.54, 1.807) is 0 Å². The SMILES string of the molecule is CCCCCCCCC(CCCCNCCCC)C(OCC)(OCC)OCC. The highest BCUT2D eigenvalue weighted by Crippen LogP contribution is 2.34. The van der Waals surface area contributed by atoms with Gasteiger partial charge in [-0.3, -0.25) is 0 Å². The summed E-state index contributed by atoms with van der Waals surface area (Å²) in [5, 5.41) is 3.55. The highest BCUT2D eigenvalue weighted by atomic mass is 16.9. The Balaban J connectivity index is 4.67. The Hall–Kier alpha value is -0.160. The molecule has 0 heterocycles. The minimum absolute atomic E-state index is 0.300. The zero-order valence-electron chi connectivity index (χ0n) is 19.8. The fourth-order valence-electron chi connectivity index (χ4n) is 3.82. The first-order valence-corrected chi connectivity index (χ1v) is 12.3. The van der Waals surface area contributed by atoms with Crippen molar-refractivity contribution in [2.24, 2.45) is 5.92 Å². The molecule has 0 aliphatic rings. The lowest BCUT2D eigenvalue weighted by Gasteiger charge is -2.39. The highest BCUT2D eigenvalue weighted by molar-refractivity contribution is 4.73. The van der Waals surface area contributed by atoms with Gasteiger partial charge in [-0.2, -0.15) is 0 Å². The zero-order chi connectivity index (χ0) is 20.9. The quantitative estimate of drug-likeness (QED) is 0.162. The van der Waals surface area contributed by atoms with Crippen molar-refractivity contribution in [2.45, 2.75) is 118 Å². The minimum atomic E-state index is -0.864. The number of hydrogen-bond acceptors (Lipinski definition) is 4. The average molecular weight is 402 g/mol. The summed E-state index contributed by atoms with van der Waals surface area (Å²) in [6.07, 6.45) is 15.0. The van der Waals surface area contributed by atoms with Crippen LogP contribution in [0, 0.1) is 5.92 Å². The molecule has 0 aromatic carbocycles. The van der Waals surface area contributed by atoms with Crippen LogP contribution in [0.3, 0.4) is 0 Å². The minimum Gasteiger partial charge on any atom is -0.328 e. The van der Waals surface area contributed by atoms with Crippen LogP contribution in [0.5, 0.6) is 0 Å². The van der Waals surface area contributed by atoms with Crippen molar-refractivity contribution >= 4 is 0 Å². The summed E-state index contributed by atoms with van der Waals surface area (Å²) < 4.78 is 18.4. The lowest BCUT2D eigenvalue weighted by Crippen LogP contribution is -2.46. The maximum atomic E-state index is 6.12. The average Bonchev–Trinajstić information content (AvgIpc) is 2.68. The standard InChI is InChI=1S/C24H51NO3/c1-6-11-13-14-15-16-19-23(20-17-18-22-25-21-12-7-2)24(26-8-3,27-9-4)28-10-5/h23,25H,6-22H2,1-5H3.